The summed E-state index contributed by atoms with van der Waals surface area (Å²) in [5.41, 5.74) is 1.20. The Morgan fingerprint density at radius 2 is 2.00 bits per heavy atom. The number of halogens is 3. The molecule has 0 heterocycles. The normalized spacial score (nSPS) is 23.6. The first-order chi connectivity index (χ1) is 6.42. The minimum Gasteiger partial charge on any atom is -0.207 e. The molecule has 2 rings (SSSR count). The zero-order valence-corrected chi connectivity index (χ0v) is 9.66. The highest BCUT2D eigenvalue weighted by atomic mass is 79.9. The minimum atomic E-state index is -0.497. The van der Waals surface area contributed by atoms with Gasteiger partial charge in [-0.1, -0.05) is 29.8 Å². The Kier molecular flexibility index (Phi) is 2.18. The van der Waals surface area contributed by atoms with Crippen LogP contribution in [0.1, 0.15) is 36.2 Å². The molecule has 1 aliphatic carbocycles. The maximum Gasteiger partial charge on any atom is 0.130 e. The Bertz CT molecular complexity index is 385. The van der Waals surface area contributed by atoms with Gasteiger partial charge >= 0.3 is 0 Å². The van der Waals surface area contributed by atoms with E-state index in [9.17, 15) is 8.78 Å². The highest BCUT2D eigenvalue weighted by Gasteiger charge is 2.38. The Hall–Kier alpha value is -0.440. The van der Waals surface area contributed by atoms with E-state index in [-0.39, 0.29) is 10.2 Å². The van der Waals surface area contributed by atoms with Gasteiger partial charge in [0.05, 0.1) is 0 Å². The number of hydrogen-bond donors (Lipinski definition) is 0. The van der Waals surface area contributed by atoms with Crippen molar-refractivity contribution in [3.8, 4) is 0 Å². The van der Waals surface area contributed by atoms with E-state index in [1.807, 2.05) is 13.8 Å². The number of alkyl halides is 1. The molecule has 76 valence electrons. The molecule has 0 aromatic heterocycles. The molecule has 1 unspecified atom stereocenters. The summed E-state index contributed by atoms with van der Waals surface area (Å²) in [6, 6.07) is 2.39. The molecule has 1 atom stereocenters. The second-order valence-electron chi connectivity index (χ2n) is 4.41. The maximum absolute atomic E-state index is 13.6. The fourth-order valence-electron chi connectivity index (χ4n) is 2.21. The van der Waals surface area contributed by atoms with Crippen LogP contribution in [0.5, 0.6) is 0 Å². The minimum absolute atomic E-state index is 0.0673. The van der Waals surface area contributed by atoms with Crippen LogP contribution < -0.4 is 0 Å². The second-order valence-corrected chi connectivity index (χ2v) is 5.51. The van der Waals surface area contributed by atoms with Crippen molar-refractivity contribution in [1.82, 2.24) is 0 Å². The van der Waals surface area contributed by atoms with Crippen LogP contribution >= 0.6 is 15.9 Å². The van der Waals surface area contributed by atoms with Gasteiger partial charge in [0.2, 0.25) is 0 Å². The predicted molar refractivity (Wildman–Crippen MR) is 55.7 cm³/mol. The van der Waals surface area contributed by atoms with Crippen LogP contribution in [0.15, 0.2) is 12.1 Å². The van der Waals surface area contributed by atoms with Crippen LogP contribution in [0.3, 0.4) is 0 Å². The Morgan fingerprint density at radius 1 is 1.36 bits per heavy atom. The van der Waals surface area contributed by atoms with Gasteiger partial charge in [0.15, 0.2) is 0 Å². The summed E-state index contributed by atoms with van der Waals surface area (Å²) in [6.07, 6.45) is 0.808. The Morgan fingerprint density at radius 3 is 2.64 bits per heavy atom. The molecular formula is C11H11BrF2. The van der Waals surface area contributed by atoms with E-state index in [1.54, 1.807) is 0 Å². The smallest absolute Gasteiger partial charge is 0.130 e. The van der Waals surface area contributed by atoms with Gasteiger partial charge < -0.3 is 0 Å². The molecule has 1 aromatic carbocycles. The standard InChI is InChI=1S/C11H11BrF2/c1-11(2)5-8(12)7-3-6(13)4-9(14)10(7)11/h3-4,8H,5H2,1-2H3. The number of benzene rings is 1. The third-order valence-corrected chi connectivity index (χ3v) is 3.61. The van der Waals surface area contributed by atoms with Gasteiger partial charge in [0.1, 0.15) is 11.6 Å². The molecule has 3 heteroatoms. The molecule has 1 aliphatic rings. The Labute approximate surface area is 90.4 Å². The highest BCUT2D eigenvalue weighted by Crippen LogP contribution is 2.49. The van der Waals surface area contributed by atoms with Crippen LogP contribution in [0.4, 0.5) is 8.78 Å². The van der Waals surface area contributed by atoms with E-state index in [1.165, 1.54) is 6.07 Å². The number of fused-ring (bicyclic) bond motifs is 1. The SMILES string of the molecule is CC1(C)CC(Br)c2cc(F)cc(F)c21. The van der Waals surface area contributed by atoms with Gasteiger partial charge in [-0.15, -0.1) is 0 Å². The largest absolute Gasteiger partial charge is 0.207 e. The van der Waals surface area contributed by atoms with Crippen molar-refractivity contribution in [3.63, 3.8) is 0 Å². The molecule has 14 heavy (non-hydrogen) atoms. The molecule has 0 radical (unpaired) electrons. The summed E-state index contributed by atoms with van der Waals surface area (Å²) in [7, 11) is 0. The van der Waals surface area contributed by atoms with Crippen molar-refractivity contribution in [2.45, 2.75) is 30.5 Å². The van der Waals surface area contributed by atoms with Gasteiger partial charge in [-0.3, -0.25) is 0 Å². The van der Waals surface area contributed by atoms with Crippen LogP contribution in [0.2, 0.25) is 0 Å². The van der Waals surface area contributed by atoms with Crippen LogP contribution in [-0.4, -0.2) is 0 Å². The average molecular weight is 261 g/mol. The lowest BCUT2D eigenvalue weighted by atomic mass is 9.86. The zero-order valence-electron chi connectivity index (χ0n) is 8.07. The summed E-state index contributed by atoms with van der Waals surface area (Å²) in [6.45, 7) is 3.96. The first-order valence-corrected chi connectivity index (χ1v) is 5.47. The van der Waals surface area contributed by atoms with Crippen molar-refractivity contribution in [3.05, 3.63) is 34.9 Å². The molecule has 0 saturated carbocycles. The van der Waals surface area contributed by atoms with Gasteiger partial charge in [-0.05, 0) is 29.0 Å². The van der Waals surface area contributed by atoms with Crippen molar-refractivity contribution < 1.29 is 8.78 Å². The first kappa shape index (κ1) is 10.1. The molecule has 0 saturated heterocycles. The van der Waals surface area contributed by atoms with E-state index >= 15 is 0 Å². The fourth-order valence-corrected chi connectivity index (χ4v) is 3.39. The molecule has 0 amide bonds. The summed E-state index contributed by atoms with van der Waals surface area (Å²) < 4.78 is 26.5. The lowest BCUT2D eigenvalue weighted by Crippen LogP contribution is -2.14. The van der Waals surface area contributed by atoms with E-state index in [2.05, 4.69) is 15.9 Å². The number of hydrogen-bond acceptors (Lipinski definition) is 0. The van der Waals surface area contributed by atoms with Gasteiger partial charge in [0, 0.05) is 10.9 Å². The number of rotatable bonds is 0. The first-order valence-electron chi connectivity index (χ1n) is 4.55. The lowest BCUT2D eigenvalue weighted by molar-refractivity contribution is 0.484. The molecule has 0 fully saturated rings. The van der Waals surface area contributed by atoms with Gasteiger partial charge in [0.25, 0.3) is 0 Å². The molecule has 1 aromatic rings. The third kappa shape index (κ3) is 1.38. The summed E-state index contributed by atoms with van der Waals surface area (Å²) in [4.78, 5) is 0.0673. The fraction of sp³-hybridized carbons (Fsp3) is 0.455. The molecule has 0 spiro atoms. The van der Waals surface area contributed by atoms with Crippen LogP contribution in [0.25, 0.3) is 0 Å². The van der Waals surface area contributed by atoms with E-state index in [0.717, 1.165) is 18.1 Å². The highest BCUT2D eigenvalue weighted by molar-refractivity contribution is 9.09. The zero-order chi connectivity index (χ0) is 10.5. The molecular weight excluding hydrogens is 250 g/mol. The second kappa shape index (κ2) is 3.02. The lowest BCUT2D eigenvalue weighted by Gasteiger charge is -2.19. The molecule has 0 nitrogen and oxygen atoms in total. The van der Waals surface area contributed by atoms with Crippen molar-refractivity contribution in [2.24, 2.45) is 0 Å². The van der Waals surface area contributed by atoms with Gasteiger partial charge in [-0.2, -0.15) is 0 Å². The van der Waals surface area contributed by atoms with Crippen molar-refractivity contribution in [2.75, 3.05) is 0 Å². The van der Waals surface area contributed by atoms with Gasteiger partial charge in [-0.25, -0.2) is 8.78 Å². The quantitative estimate of drug-likeness (QED) is 0.617. The topological polar surface area (TPSA) is 0 Å². The molecule has 0 bridgehead atoms. The maximum atomic E-state index is 13.6. The van der Waals surface area contributed by atoms with Crippen LogP contribution in [-0.2, 0) is 5.41 Å². The predicted octanol–water partition coefficient (Wildman–Crippen LogP) is 4.08. The molecule has 0 aliphatic heterocycles. The van der Waals surface area contributed by atoms with E-state index in [4.69, 9.17) is 0 Å². The van der Waals surface area contributed by atoms with Crippen molar-refractivity contribution >= 4 is 15.9 Å². The summed E-state index contributed by atoms with van der Waals surface area (Å²) in [5.74, 6) is -0.921. The molecule has 0 N–H and O–H groups in total. The Balaban J connectivity index is 2.69. The van der Waals surface area contributed by atoms with Crippen LogP contribution in [0, 0.1) is 11.6 Å². The average Bonchev–Trinajstić information content (AvgIpc) is 2.21. The van der Waals surface area contributed by atoms with E-state index in [0.29, 0.717) is 5.56 Å². The third-order valence-electron chi connectivity index (χ3n) is 2.79. The monoisotopic (exact) mass is 260 g/mol. The summed E-state index contributed by atoms with van der Waals surface area (Å²) >= 11 is 3.45. The van der Waals surface area contributed by atoms with E-state index < -0.39 is 11.6 Å². The van der Waals surface area contributed by atoms with Crippen molar-refractivity contribution in [1.29, 1.82) is 0 Å². The summed E-state index contributed by atoms with van der Waals surface area (Å²) in [5, 5.41) is 0.